The summed E-state index contributed by atoms with van der Waals surface area (Å²) in [6, 6.07) is 5.90. The summed E-state index contributed by atoms with van der Waals surface area (Å²) in [5, 5.41) is 2.96. The summed E-state index contributed by atoms with van der Waals surface area (Å²) in [5.41, 5.74) is 1.12. The molecule has 1 unspecified atom stereocenters. The van der Waals surface area contributed by atoms with Crippen LogP contribution in [0.5, 0.6) is 11.5 Å². The van der Waals surface area contributed by atoms with Crippen molar-refractivity contribution in [3.05, 3.63) is 23.8 Å². The average Bonchev–Trinajstić information content (AvgIpc) is 2.54. The van der Waals surface area contributed by atoms with E-state index in [4.69, 9.17) is 14.2 Å². The average molecular weight is 306 g/mol. The number of rotatable bonds is 3. The van der Waals surface area contributed by atoms with Gasteiger partial charge in [-0.2, -0.15) is 0 Å². The van der Waals surface area contributed by atoms with Gasteiger partial charge in [0.1, 0.15) is 13.2 Å². The van der Waals surface area contributed by atoms with Crippen molar-refractivity contribution in [1.29, 1.82) is 0 Å². The van der Waals surface area contributed by atoms with Crippen LogP contribution < -0.4 is 14.8 Å². The maximum atomic E-state index is 12.1. The summed E-state index contributed by atoms with van der Waals surface area (Å²) in [5.74, 6) is 1.58. The highest BCUT2D eigenvalue weighted by Crippen LogP contribution is 2.30. The molecule has 1 N–H and O–H groups in total. The normalized spacial score (nSPS) is 20.6. The molecule has 2 heterocycles. The van der Waals surface area contributed by atoms with Crippen LogP contribution in [0.4, 0.5) is 4.79 Å². The number of hydrogen-bond acceptors (Lipinski definition) is 4. The molecule has 3 rings (SSSR count). The maximum absolute atomic E-state index is 12.1. The number of fused-ring (bicyclic) bond motifs is 1. The lowest BCUT2D eigenvalue weighted by Crippen LogP contribution is -2.49. The summed E-state index contributed by atoms with van der Waals surface area (Å²) >= 11 is 0. The van der Waals surface area contributed by atoms with Gasteiger partial charge in [-0.25, -0.2) is 4.79 Å². The summed E-state index contributed by atoms with van der Waals surface area (Å²) in [6.07, 6.45) is 0.875. The minimum Gasteiger partial charge on any atom is -0.486 e. The van der Waals surface area contributed by atoms with Crippen LogP contribution in [0.1, 0.15) is 12.5 Å². The Morgan fingerprint density at radius 3 is 2.91 bits per heavy atom. The van der Waals surface area contributed by atoms with Gasteiger partial charge in [-0.1, -0.05) is 6.07 Å². The molecule has 0 aromatic heterocycles. The number of carbonyl (C=O) groups is 1. The number of morpholine rings is 1. The summed E-state index contributed by atoms with van der Waals surface area (Å²) in [4.78, 5) is 13.9. The lowest BCUT2D eigenvalue weighted by Gasteiger charge is -2.31. The smallest absolute Gasteiger partial charge is 0.317 e. The second-order valence-corrected chi connectivity index (χ2v) is 5.59. The molecule has 1 saturated heterocycles. The topological polar surface area (TPSA) is 60.0 Å². The molecule has 0 bridgehead atoms. The highest BCUT2D eigenvalue weighted by atomic mass is 16.6. The third-order valence-electron chi connectivity index (χ3n) is 3.82. The van der Waals surface area contributed by atoms with E-state index in [1.807, 2.05) is 25.1 Å². The fraction of sp³-hybridized carbons (Fsp3) is 0.562. The van der Waals surface area contributed by atoms with E-state index in [2.05, 4.69) is 5.32 Å². The Balaban J connectivity index is 1.47. The monoisotopic (exact) mass is 306 g/mol. The molecule has 6 nitrogen and oxygen atoms in total. The van der Waals surface area contributed by atoms with Gasteiger partial charge in [-0.05, 0) is 31.0 Å². The quantitative estimate of drug-likeness (QED) is 0.918. The van der Waals surface area contributed by atoms with E-state index in [1.54, 1.807) is 4.90 Å². The molecule has 0 radical (unpaired) electrons. The minimum absolute atomic E-state index is 0.0207. The van der Waals surface area contributed by atoms with Crippen molar-refractivity contribution in [1.82, 2.24) is 10.2 Å². The lowest BCUT2D eigenvalue weighted by atomic mass is 10.1. The number of nitrogens with zero attached hydrogens (tertiary/aromatic N) is 1. The van der Waals surface area contributed by atoms with Crippen LogP contribution in [0.15, 0.2) is 18.2 Å². The van der Waals surface area contributed by atoms with Crippen LogP contribution >= 0.6 is 0 Å². The molecule has 1 aromatic carbocycles. The van der Waals surface area contributed by atoms with Crippen LogP contribution in [0.3, 0.4) is 0 Å². The number of benzene rings is 1. The Labute approximate surface area is 130 Å². The first-order valence-corrected chi connectivity index (χ1v) is 7.75. The number of amides is 2. The van der Waals surface area contributed by atoms with E-state index < -0.39 is 0 Å². The number of urea groups is 1. The SMILES string of the molecule is CC1CN(C(=O)NCCc2ccc3c(c2)OCCO3)CCO1. The van der Waals surface area contributed by atoms with Gasteiger partial charge < -0.3 is 24.4 Å². The molecule has 120 valence electrons. The first kappa shape index (κ1) is 15.0. The van der Waals surface area contributed by atoms with Crippen LogP contribution in [0.25, 0.3) is 0 Å². The summed E-state index contributed by atoms with van der Waals surface area (Å²) in [6.45, 7) is 5.68. The van der Waals surface area contributed by atoms with E-state index in [0.717, 1.165) is 23.5 Å². The number of carbonyl (C=O) groups excluding carboxylic acids is 1. The molecule has 2 amide bonds. The summed E-state index contributed by atoms with van der Waals surface area (Å²) < 4.78 is 16.5. The zero-order chi connectivity index (χ0) is 15.4. The van der Waals surface area contributed by atoms with E-state index in [1.165, 1.54) is 0 Å². The van der Waals surface area contributed by atoms with E-state index >= 15 is 0 Å². The van der Waals surface area contributed by atoms with Crippen molar-refractivity contribution < 1.29 is 19.0 Å². The predicted octanol–water partition coefficient (Wildman–Crippen LogP) is 1.43. The molecular weight excluding hydrogens is 284 g/mol. The van der Waals surface area contributed by atoms with Crippen LogP contribution in [-0.2, 0) is 11.2 Å². The Bertz CT molecular complexity index is 535. The third-order valence-corrected chi connectivity index (χ3v) is 3.82. The van der Waals surface area contributed by atoms with Gasteiger partial charge in [-0.3, -0.25) is 0 Å². The number of nitrogens with one attached hydrogen (secondary N) is 1. The molecule has 1 atom stereocenters. The Morgan fingerprint density at radius 2 is 2.09 bits per heavy atom. The molecule has 2 aliphatic heterocycles. The second-order valence-electron chi connectivity index (χ2n) is 5.59. The van der Waals surface area contributed by atoms with Gasteiger partial charge in [0.2, 0.25) is 0 Å². The lowest BCUT2D eigenvalue weighted by molar-refractivity contribution is -0.00342. The van der Waals surface area contributed by atoms with Gasteiger partial charge in [0.15, 0.2) is 11.5 Å². The third kappa shape index (κ3) is 3.62. The zero-order valence-electron chi connectivity index (χ0n) is 12.8. The first-order valence-electron chi connectivity index (χ1n) is 7.75. The largest absolute Gasteiger partial charge is 0.486 e. The summed E-state index contributed by atoms with van der Waals surface area (Å²) in [7, 11) is 0. The fourth-order valence-electron chi connectivity index (χ4n) is 2.67. The fourth-order valence-corrected chi connectivity index (χ4v) is 2.67. The van der Waals surface area contributed by atoms with Gasteiger partial charge in [-0.15, -0.1) is 0 Å². The van der Waals surface area contributed by atoms with Crippen molar-refractivity contribution in [3.63, 3.8) is 0 Å². The van der Waals surface area contributed by atoms with Crippen molar-refractivity contribution in [3.8, 4) is 11.5 Å². The number of hydrogen-bond donors (Lipinski definition) is 1. The molecule has 0 saturated carbocycles. The molecule has 1 fully saturated rings. The van der Waals surface area contributed by atoms with Gasteiger partial charge in [0, 0.05) is 19.6 Å². The van der Waals surface area contributed by atoms with Crippen LogP contribution in [0.2, 0.25) is 0 Å². The molecular formula is C16H22N2O4. The highest BCUT2D eigenvalue weighted by molar-refractivity contribution is 5.74. The van der Waals surface area contributed by atoms with Crippen molar-refractivity contribution in [2.75, 3.05) is 39.5 Å². The van der Waals surface area contributed by atoms with Crippen molar-refractivity contribution in [2.45, 2.75) is 19.4 Å². The Hall–Kier alpha value is -1.95. The maximum Gasteiger partial charge on any atom is 0.317 e. The zero-order valence-corrected chi connectivity index (χ0v) is 12.8. The minimum atomic E-state index is -0.0207. The van der Waals surface area contributed by atoms with Gasteiger partial charge in [0.05, 0.1) is 12.7 Å². The molecule has 22 heavy (non-hydrogen) atoms. The van der Waals surface area contributed by atoms with Crippen LogP contribution in [-0.4, -0.2) is 56.5 Å². The van der Waals surface area contributed by atoms with Gasteiger partial charge >= 0.3 is 6.03 Å². The molecule has 0 aliphatic carbocycles. The van der Waals surface area contributed by atoms with E-state index in [-0.39, 0.29) is 12.1 Å². The Morgan fingerprint density at radius 1 is 1.27 bits per heavy atom. The highest BCUT2D eigenvalue weighted by Gasteiger charge is 2.20. The molecule has 6 heteroatoms. The molecule has 0 spiro atoms. The second kappa shape index (κ2) is 6.87. The van der Waals surface area contributed by atoms with Crippen molar-refractivity contribution in [2.24, 2.45) is 0 Å². The van der Waals surface area contributed by atoms with Crippen molar-refractivity contribution >= 4 is 6.03 Å². The van der Waals surface area contributed by atoms with E-state index in [9.17, 15) is 4.79 Å². The Kier molecular flexibility index (Phi) is 4.68. The number of ether oxygens (including phenoxy) is 3. The predicted molar refractivity (Wildman–Crippen MR) is 81.5 cm³/mol. The molecule has 1 aromatic rings. The van der Waals surface area contributed by atoms with E-state index in [0.29, 0.717) is 39.5 Å². The van der Waals surface area contributed by atoms with Gasteiger partial charge in [0.25, 0.3) is 0 Å². The molecule has 2 aliphatic rings. The first-order chi connectivity index (χ1) is 10.7. The standard InChI is InChI=1S/C16H22N2O4/c1-12-11-18(6-7-20-12)16(19)17-5-4-13-2-3-14-15(10-13)22-9-8-21-14/h2-3,10,12H,4-9,11H2,1H3,(H,17,19). The van der Waals surface area contributed by atoms with Crippen LogP contribution in [0, 0.1) is 0 Å².